The van der Waals surface area contributed by atoms with Crippen molar-refractivity contribution in [1.82, 2.24) is 14.7 Å². The van der Waals surface area contributed by atoms with Gasteiger partial charge in [0.15, 0.2) is 0 Å². The second kappa shape index (κ2) is 8.12. The Morgan fingerprint density at radius 2 is 1.32 bits per heavy atom. The van der Waals surface area contributed by atoms with Gasteiger partial charge in [0.05, 0.1) is 6.67 Å². The third kappa shape index (κ3) is 6.17. The molecule has 0 bridgehead atoms. The maximum Gasteiger partial charge on any atom is 0.0507 e. The molecule has 0 radical (unpaired) electrons. The molecule has 2 fully saturated rings. The quantitative estimate of drug-likeness (QED) is 0.771. The molecule has 2 saturated heterocycles. The predicted octanol–water partition coefficient (Wildman–Crippen LogP) is 3.37. The van der Waals surface area contributed by atoms with E-state index in [-0.39, 0.29) is 0 Å². The Balaban J connectivity index is 1.62. The summed E-state index contributed by atoms with van der Waals surface area (Å²) in [6, 6.07) is 0. The molecular weight excluding hydrogens is 270 g/mol. The Morgan fingerprint density at radius 1 is 0.818 bits per heavy atom. The van der Waals surface area contributed by atoms with Crippen LogP contribution in [0.25, 0.3) is 0 Å². The van der Waals surface area contributed by atoms with Crippen LogP contribution in [0.4, 0.5) is 0 Å². The summed E-state index contributed by atoms with van der Waals surface area (Å²) in [4.78, 5) is 8.01. The number of likely N-dealkylation sites (tertiary alicyclic amines) is 1. The third-order valence-corrected chi connectivity index (χ3v) is 5.62. The highest BCUT2D eigenvalue weighted by molar-refractivity contribution is 4.77. The first-order valence-electron chi connectivity index (χ1n) is 9.50. The van der Waals surface area contributed by atoms with Crippen molar-refractivity contribution in [2.75, 3.05) is 52.5 Å². The van der Waals surface area contributed by atoms with E-state index in [0.717, 1.165) is 11.8 Å². The first-order valence-corrected chi connectivity index (χ1v) is 9.50. The maximum atomic E-state index is 2.68. The molecule has 0 spiro atoms. The fourth-order valence-electron chi connectivity index (χ4n) is 3.69. The van der Waals surface area contributed by atoms with Crippen molar-refractivity contribution < 1.29 is 0 Å². The zero-order chi connectivity index (χ0) is 16.2. The third-order valence-electron chi connectivity index (χ3n) is 5.62. The molecule has 0 aromatic carbocycles. The molecule has 0 atom stereocenters. The van der Waals surface area contributed by atoms with Crippen molar-refractivity contribution in [3.05, 3.63) is 0 Å². The van der Waals surface area contributed by atoms with E-state index in [1.807, 2.05) is 0 Å². The zero-order valence-electron chi connectivity index (χ0n) is 15.8. The maximum absolute atomic E-state index is 2.68. The second-order valence-corrected chi connectivity index (χ2v) is 9.11. The molecule has 2 aliphatic rings. The van der Waals surface area contributed by atoms with Crippen LogP contribution >= 0.6 is 0 Å². The Bertz CT molecular complexity index is 305. The van der Waals surface area contributed by atoms with Gasteiger partial charge in [-0.3, -0.25) is 9.80 Å². The molecule has 2 heterocycles. The summed E-state index contributed by atoms with van der Waals surface area (Å²) in [7, 11) is 0. The molecule has 2 rings (SSSR count). The van der Waals surface area contributed by atoms with Gasteiger partial charge in [0.25, 0.3) is 0 Å². The summed E-state index contributed by atoms with van der Waals surface area (Å²) >= 11 is 0. The van der Waals surface area contributed by atoms with Crippen LogP contribution in [-0.4, -0.2) is 67.2 Å². The minimum Gasteiger partial charge on any atom is -0.301 e. The van der Waals surface area contributed by atoms with Gasteiger partial charge in [-0.2, -0.15) is 0 Å². The molecule has 2 aliphatic heterocycles. The van der Waals surface area contributed by atoms with E-state index >= 15 is 0 Å². The lowest BCUT2D eigenvalue weighted by molar-refractivity contribution is 0.0482. The Morgan fingerprint density at radius 3 is 1.82 bits per heavy atom. The number of hydrogen-bond acceptors (Lipinski definition) is 3. The van der Waals surface area contributed by atoms with E-state index in [2.05, 4.69) is 49.3 Å². The van der Waals surface area contributed by atoms with Gasteiger partial charge >= 0.3 is 0 Å². The Kier molecular flexibility index (Phi) is 6.73. The van der Waals surface area contributed by atoms with Gasteiger partial charge in [-0.15, -0.1) is 0 Å². The molecule has 3 nitrogen and oxygen atoms in total. The summed E-state index contributed by atoms with van der Waals surface area (Å²) in [5.74, 6) is 1.83. The Hall–Kier alpha value is -0.120. The summed E-state index contributed by atoms with van der Waals surface area (Å²) < 4.78 is 0. The fraction of sp³-hybridized carbons (Fsp3) is 1.00. The lowest BCUT2D eigenvalue weighted by Gasteiger charge is -2.40. The van der Waals surface area contributed by atoms with Gasteiger partial charge in [0.2, 0.25) is 0 Å². The molecule has 3 heteroatoms. The number of piperazine rings is 1. The molecule has 0 amide bonds. The first-order chi connectivity index (χ1) is 10.3. The van der Waals surface area contributed by atoms with Crippen LogP contribution in [0.3, 0.4) is 0 Å². The molecule has 0 aliphatic carbocycles. The first kappa shape index (κ1) is 18.2. The minimum atomic E-state index is 0.470. The monoisotopic (exact) mass is 309 g/mol. The van der Waals surface area contributed by atoms with Crippen molar-refractivity contribution in [2.45, 2.75) is 53.9 Å². The molecule has 0 N–H and O–H groups in total. The van der Waals surface area contributed by atoms with Crippen molar-refractivity contribution in [2.24, 2.45) is 17.3 Å². The van der Waals surface area contributed by atoms with Crippen LogP contribution in [0.5, 0.6) is 0 Å². The van der Waals surface area contributed by atoms with Crippen molar-refractivity contribution in [1.29, 1.82) is 0 Å². The topological polar surface area (TPSA) is 9.72 Å². The molecule has 0 aromatic heterocycles. The van der Waals surface area contributed by atoms with Gasteiger partial charge in [-0.1, -0.05) is 34.6 Å². The van der Waals surface area contributed by atoms with E-state index in [0.29, 0.717) is 5.41 Å². The van der Waals surface area contributed by atoms with Crippen LogP contribution in [0.15, 0.2) is 0 Å². The average molecular weight is 310 g/mol. The largest absolute Gasteiger partial charge is 0.301 e. The molecule has 0 saturated carbocycles. The van der Waals surface area contributed by atoms with Gasteiger partial charge in [0.1, 0.15) is 0 Å². The van der Waals surface area contributed by atoms with Gasteiger partial charge in [0, 0.05) is 26.2 Å². The van der Waals surface area contributed by atoms with Crippen molar-refractivity contribution in [3.8, 4) is 0 Å². The van der Waals surface area contributed by atoms with E-state index < -0.39 is 0 Å². The highest BCUT2D eigenvalue weighted by Crippen LogP contribution is 2.24. The van der Waals surface area contributed by atoms with Crippen LogP contribution in [-0.2, 0) is 0 Å². The molecule has 22 heavy (non-hydrogen) atoms. The smallest absolute Gasteiger partial charge is 0.0507 e. The van der Waals surface area contributed by atoms with Gasteiger partial charge in [-0.25, -0.2) is 0 Å². The normalized spacial score (nSPS) is 24.3. The number of rotatable bonds is 5. The summed E-state index contributed by atoms with van der Waals surface area (Å²) in [6.45, 7) is 22.0. The average Bonchev–Trinajstić information content (AvgIpc) is 2.46. The van der Waals surface area contributed by atoms with Crippen LogP contribution in [0.1, 0.15) is 53.9 Å². The van der Waals surface area contributed by atoms with E-state index in [9.17, 15) is 0 Å². The summed E-state index contributed by atoms with van der Waals surface area (Å²) in [5.41, 5.74) is 0.470. The summed E-state index contributed by atoms with van der Waals surface area (Å²) in [6.07, 6.45) is 4.13. The number of hydrogen-bond donors (Lipinski definition) is 0. The second-order valence-electron chi connectivity index (χ2n) is 9.11. The van der Waals surface area contributed by atoms with Crippen molar-refractivity contribution in [3.63, 3.8) is 0 Å². The molecule has 0 unspecified atom stereocenters. The van der Waals surface area contributed by atoms with Gasteiger partial charge in [-0.05, 0) is 56.1 Å². The predicted molar refractivity (Wildman–Crippen MR) is 96.1 cm³/mol. The Labute approximate surface area is 139 Å². The van der Waals surface area contributed by atoms with Crippen molar-refractivity contribution >= 4 is 0 Å². The fourth-order valence-corrected chi connectivity index (χ4v) is 3.69. The molecular formula is C19H39N3. The molecule has 0 aromatic rings. The highest BCUT2D eigenvalue weighted by Gasteiger charge is 2.24. The highest BCUT2D eigenvalue weighted by atomic mass is 15.3. The van der Waals surface area contributed by atoms with Crippen LogP contribution in [0.2, 0.25) is 0 Å². The standard InChI is InChI=1S/C19H39N3/c1-17(2)18-6-9-21(10-7-18)16-22-14-12-20(13-15-22)11-8-19(3,4)5/h17-18H,6-16H2,1-5H3. The zero-order valence-corrected chi connectivity index (χ0v) is 15.8. The van der Waals surface area contributed by atoms with E-state index in [1.165, 1.54) is 71.7 Å². The lowest BCUT2D eigenvalue weighted by Crippen LogP contribution is -2.51. The summed E-state index contributed by atoms with van der Waals surface area (Å²) in [5, 5.41) is 0. The number of piperidine rings is 1. The van der Waals surface area contributed by atoms with E-state index in [1.54, 1.807) is 0 Å². The molecule has 130 valence electrons. The lowest BCUT2D eigenvalue weighted by atomic mass is 9.87. The number of nitrogens with zero attached hydrogens (tertiary/aromatic N) is 3. The minimum absolute atomic E-state index is 0.470. The van der Waals surface area contributed by atoms with Crippen LogP contribution in [0, 0.1) is 17.3 Å². The SMILES string of the molecule is CC(C)C1CCN(CN2CCN(CCC(C)(C)C)CC2)CC1. The van der Waals surface area contributed by atoms with Crippen LogP contribution < -0.4 is 0 Å². The van der Waals surface area contributed by atoms with E-state index in [4.69, 9.17) is 0 Å². The van der Waals surface area contributed by atoms with Gasteiger partial charge < -0.3 is 4.90 Å².